The van der Waals surface area contributed by atoms with Gasteiger partial charge in [0.05, 0.1) is 13.7 Å². The fourth-order valence-corrected chi connectivity index (χ4v) is 2.58. The predicted molar refractivity (Wildman–Crippen MR) is 94.1 cm³/mol. The molecule has 122 valence electrons. The zero-order valence-electron chi connectivity index (χ0n) is 13.6. The van der Waals surface area contributed by atoms with Gasteiger partial charge >= 0.3 is 0 Å². The number of ether oxygens (including phenoxy) is 1. The average molecular weight is 333 g/mol. The molecule has 0 saturated carbocycles. The van der Waals surface area contributed by atoms with Crippen LogP contribution in [0.3, 0.4) is 0 Å². The van der Waals surface area contributed by atoms with Crippen molar-refractivity contribution in [1.82, 2.24) is 4.90 Å². The summed E-state index contributed by atoms with van der Waals surface area (Å²) in [5, 5.41) is 3.55. The van der Waals surface area contributed by atoms with Crippen LogP contribution in [0.5, 0.6) is 5.75 Å². The molecular weight excluding hydrogens is 312 g/mol. The molecule has 0 heterocycles. The molecule has 0 aromatic heterocycles. The summed E-state index contributed by atoms with van der Waals surface area (Å²) in [5.41, 5.74) is 2.87. The maximum Gasteiger partial charge on any atom is 0.238 e. The van der Waals surface area contributed by atoms with E-state index in [-0.39, 0.29) is 12.5 Å². The summed E-state index contributed by atoms with van der Waals surface area (Å²) >= 11 is 6.03. The molecule has 23 heavy (non-hydrogen) atoms. The third-order valence-corrected chi connectivity index (χ3v) is 3.63. The zero-order valence-corrected chi connectivity index (χ0v) is 14.4. The van der Waals surface area contributed by atoms with Crippen molar-refractivity contribution in [2.24, 2.45) is 0 Å². The van der Waals surface area contributed by atoms with Crippen molar-refractivity contribution in [1.29, 1.82) is 0 Å². The van der Waals surface area contributed by atoms with Crippen molar-refractivity contribution in [3.8, 4) is 5.75 Å². The molecule has 0 aliphatic heterocycles. The van der Waals surface area contributed by atoms with Crippen LogP contribution in [0.4, 0.5) is 5.69 Å². The van der Waals surface area contributed by atoms with Crippen molar-refractivity contribution in [3.63, 3.8) is 0 Å². The molecule has 2 rings (SSSR count). The molecule has 0 bridgehead atoms. The standard InChI is InChI=1S/C18H21ClN2O2/c1-13-5-4-6-16(9-13)20-18(22)12-21(2)11-14-10-15(19)7-8-17(14)23-3/h4-10H,11-12H2,1-3H3,(H,20,22). The first-order valence-electron chi connectivity index (χ1n) is 7.35. The Labute approximate surface area is 142 Å². The molecule has 0 fully saturated rings. The molecule has 0 spiro atoms. The number of likely N-dealkylation sites (N-methyl/N-ethyl adjacent to an activating group) is 1. The van der Waals surface area contributed by atoms with Gasteiger partial charge < -0.3 is 10.1 Å². The van der Waals surface area contributed by atoms with Crippen LogP contribution >= 0.6 is 11.6 Å². The summed E-state index contributed by atoms with van der Waals surface area (Å²) in [5.74, 6) is 0.708. The molecule has 2 aromatic carbocycles. The Balaban J connectivity index is 1.95. The molecule has 4 nitrogen and oxygen atoms in total. The fourth-order valence-electron chi connectivity index (χ4n) is 2.39. The van der Waals surface area contributed by atoms with Crippen LogP contribution in [-0.2, 0) is 11.3 Å². The summed E-state index contributed by atoms with van der Waals surface area (Å²) in [6, 6.07) is 13.2. The van der Waals surface area contributed by atoms with Gasteiger partial charge in [-0.05, 0) is 49.9 Å². The van der Waals surface area contributed by atoms with E-state index >= 15 is 0 Å². The van der Waals surface area contributed by atoms with Gasteiger partial charge in [-0.15, -0.1) is 0 Å². The van der Waals surface area contributed by atoms with Crippen LogP contribution in [0.1, 0.15) is 11.1 Å². The smallest absolute Gasteiger partial charge is 0.238 e. The highest BCUT2D eigenvalue weighted by molar-refractivity contribution is 6.30. The first-order valence-corrected chi connectivity index (χ1v) is 7.73. The fraction of sp³-hybridized carbons (Fsp3) is 0.278. The van der Waals surface area contributed by atoms with Crippen molar-refractivity contribution in [2.45, 2.75) is 13.5 Å². The molecule has 0 radical (unpaired) electrons. The van der Waals surface area contributed by atoms with Gasteiger partial charge in [0.15, 0.2) is 0 Å². The third-order valence-electron chi connectivity index (χ3n) is 3.40. The normalized spacial score (nSPS) is 10.7. The number of benzene rings is 2. The van der Waals surface area contributed by atoms with Gasteiger partial charge in [0.1, 0.15) is 5.75 Å². The number of nitrogens with one attached hydrogen (secondary N) is 1. The molecule has 0 aliphatic rings. The first-order chi connectivity index (χ1) is 11.0. The second-order valence-corrected chi connectivity index (χ2v) is 5.98. The van der Waals surface area contributed by atoms with Crippen LogP contribution < -0.4 is 10.1 Å². The van der Waals surface area contributed by atoms with Crippen LogP contribution in [0.15, 0.2) is 42.5 Å². The number of anilines is 1. The molecule has 1 amide bonds. The number of rotatable bonds is 6. The van der Waals surface area contributed by atoms with Gasteiger partial charge in [0.25, 0.3) is 0 Å². The number of carbonyl (C=O) groups excluding carboxylic acids is 1. The number of methoxy groups -OCH3 is 1. The second kappa shape index (κ2) is 7.99. The Morgan fingerprint density at radius 2 is 2.04 bits per heavy atom. The van der Waals surface area contributed by atoms with Gasteiger partial charge in [-0.1, -0.05) is 23.7 Å². The van der Waals surface area contributed by atoms with Crippen LogP contribution in [0.25, 0.3) is 0 Å². The molecule has 0 atom stereocenters. The van der Waals surface area contributed by atoms with E-state index in [1.54, 1.807) is 13.2 Å². The van der Waals surface area contributed by atoms with Crippen molar-refractivity contribution >= 4 is 23.2 Å². The second-order valence-electron chi connectivity index (χ2n) is 5.55. The SMILES string of the molecule is COc1ccc(Cl)cc1CN(C)CC(=O)Nc1cccc(C)c1. The van der Waals surface area contributed by atoms with Crippen LogP contribution in [0.2, 0.25) is 5.02 Å². The Kier molecular flexibility index (Phi) is 6.02. The van der Waals surface area contributed by atoms with Crippen LogP contribution in [0, 0.1) is 6.92 Å². The minimum Gasteiger partial charge on any atom is -0.496 e. The lowest BCUT2D eigenvalue weighted by Crippen LogP contribution is -2.30. The predicted octanol–water partition coefficient (Wildman–Crippen LogP) is 3.73. The number of hydrogen-bond donors (Lipinski definition) is 1. The number of carbonyl (C=O) groups is 1. The van der Waals surface area contributed by atoms with E-state index in [9.17, 15) is 4.79 Å². The number of hydrogen-bond acceptors (Lipinski definition) is 3. The third kappa shape index (κ3) is 5.27. The van der Waals surface area contributed by atoms with Crippen LogP contribution in [-0.4, -0.2) is 31.5 Å². The van der Waals surface area contributed by atoms with Gasteiger partial charge in [0.2, 0.25) is 5.91 Å². The van der Waals surface area contributed by atoms with Gasteiger partial charge in [-0.3, -0.25) is 9.69 Å². The highest BCUT2D eigenvalue weighted by Crippen LogP contribution is 2.23. The maximum atomic E-state index is 12.1. The quantitative estimate of drug-likeness (QED) is 0.876. The summed E-state index contributed by atoms with van der Waals surface area (Å²) in [7, 11) is 3.51. The molecule has 5 heteroatoms. The lowest BCUT2D eigenvalue weighted by atomic mass is 10.2. The monoisotopic (exact) mass is 332 g/mol. The number of aryl methyl sites for hydroxylation is 1. The van der Waals surface area contributed by atoms with E-state index in [1.807, 2.05) is 55.3 Å². The molecule has 0 aliphatic carbocycles. The lowest BCUT2D eigenvalue weighted by Gasteiger charge is -2.18. The Morgan fingerprint density at radius 3 is 2.74 bits per heavy atom. The lowest BCUT2D eigenvalue weighted by molar-refractivity contribution is -0.117. The first kappa shape index (κ1) is 17.3. The maximum absolute atomic E-state index is 12.1. The van der Waals surface area contributed by atoms with E-state index < -0.39 is 0 Å². The highest BCUT2D eigenvalue weighted by Gasteiger charge is 2.11. The largest absolute Gasteiger partial charge is 0.496 e. The summed E-state index contributed by atoms with van der Waals surface area (Å²) in [6.45, 7) is 2.85. The minimum atomic E-state index is -0.0564. The Hall–Kier alpha value is -2.04. The number of halogens is 1. The molecular formula is C18H21ClN2O2. The molecule has 0 unspecified atom stereocenters. The van der Waals surface area contributed by atoms with Gasteiger partial charge in [0, 0.05) is 22.8 Å². The van der Waals surface area contributed by atoms with Crippen molar-refractivity contribution in [2.75, 3.05) is 26.0 Å². The van der Waals surface area contributed by atoms with E-state index in [2.05, 4.69) is 5.32 Å². The van der Waals surface area contributed by atoms with Crippen molar-refractivity contribution < 1.29 is 9.53 Å². The average Bonchev–Trinajstić information content (AvgIpc) is 2.47. The van der Waals surface area contributed by atoms with E-state index in [0.717, 1.165) is 22.6 Å². The zero-order chi connectivity index (χ0) is 16.8. The minimum absolute atomic E-state index is 0.0564. The van der Waals surface area contributed by atoms with Gasteiger partial charge in [-0.2, -0.15) is 0 Å². The van der Waals surface area contributed by atoms with E-state index in [4.69, 9.17) is 16.3 Å². The topological polar surface area (TPSA) is 41.6 Å². The Bertz CT molecular complexity index is 688. The molecule has 1 N–H and O–H groups in total. The van der Waals surface area contributed by atoms with E-state index in [0.29, 0.717) is 11.6 Å². The molecule has 0 saturated heterocycles. The van der Waals surface area contributed by atoms with E-state index in [1.165, 1.54) is 0 Å². The molecule has 2 aromatic rings. The highest BCUT2D eigenvalue weighted by atomic mass is 35.5. The summed E-state index contributed by atoms with van der Waals surface area (Å²) in [6.07, 6.45) is 0. The summed E-state index contributed by atoms with van der Waals surface area (Å²) < 4.78 is 5.33. The number of nitrogens with zero attached hydrogens (tertiary/aromatic N) is 1. The van der Waals surface area contributed by atoms with Gasteiger partial charge in [-0.25, -0.2) is 0 Å². The number of amides is 1. The Morgan fingerprint density at radius 1 is 1.26 bits per heavy atom. The summed E-state index contributed by atoms with van der Waals surface area (Å²) in [4.78, 5) is 14.1. The van der Waals surface area contributed by atoms with Crippen molar-refractivity contribution in [3.05, 3.63) is 58.6 Å².